The average Bonchev–Trinajstić information content (AvgIpc) is 2.90. The molecule has 0 atom stereocenters. The predicted molar refractivity (Wildman–Crippen MR) is 73.4 cm³/mol. The molecule has 2 heterocycles. The van der Waals surface area contributed by atoms with E-state index in [0.29, 0.717) is 16.9 Å². The van der Waals surface area contributed by atoms with Gasteiger partial charge in [-0.15, -0.1) is 0 Å². The Hall–Kier alpha value is -2.52. The molecule has 0 aliphatic rings. The molecule has 0 fully saturated rings. The zero-order valence-electron chi connectivity index (χ0n) is 11.1. The number of ether oxygens (including phenoxy) is 1. The van der Waals surface area contributed by atoms with E-state index >= 15 is 0 Å². The van der Waals surface area contributed by atoms with Gasteiger partial charge in [-0.05, 0) is 12.1 Å². The second kappa shape index (κ2) is 7.31. The Morgan fingerprint density at radius 3 is 3.00 bits per heavy atom. The molecule has 0 saturated carbocycles. The molecule has 0 radical (unpaired) electrons. The quantitative estimate of drug-likeness (QED) is 0.400. The minimum absolute atomic E-state index is 0.0879. The number of anilines is 1. The van der Waals surface area contributed by atoms with Crippen molar-refractivity contribution in [2.75, 3.05) is 31.7 Å². The van der Waals surface area contributed by atoms with E-state index in [1.54, 1.807) is 18.3 Å². The average molecular weight is 293 g/mol. The van der Waals surface area contributed by atoms with Gasteiger partial charge in [0.05, 0.1) is 25.2 Å². The topological polar surface area (TPSA) is 129 Å². The van der Waals surface area contributed by atoms with Gasteiger partial charge < -0.3 is 20.5 Å². The van der Waals surface area contributed by atoms with Gasteiger partial charge in [0.2, 0.25) is 0 Å². The maximum atomic E-state index is 11.7. The van der Waals surface area contributed by atoms with Crippen molar-refractivity contribution < 1.29 is 19.4 Å². The lowest BCUT2D eigenvalue weighted by atomic mass is 10.3. The smallest absolute Gasteiger partial charge is 0.314 e. The van der Waals surface area contributed by atoms with E-state index in [2.05, 4.69) is 25.8 Å². The van der Waals surface area contributed by atoms with Crippen molar-refractivity contribution in [1.29, 1.82) is 0 Å². The number of hydrogen-bond donors (Lipinski definition) is 4. The highest BCUT2D eigenvalue weighted by atomic mass is 16.5. The third-order valence-corrected chi connectivity index (χ3v) is 2.54. The third-order valence-electron chi connectivity index (χ3n) is 2.54. The van der Waals surface area contributed by atoms with Crippen LogP contribution < -0.4 is 10.6 Å². The van der Waals surface area contributed by atoms with Crippen molar-refractivity contribution in [3.8, 4) is 0 Å². The summed E-state index contributed by atoms with van der Waals surface area (Å²) in [5.41, 5.74) is 0.450. The van der Waals surface area contributed by atoms with Crippen molar-refractivity contribution in [2.45, 2.75) is 0 Å². The largest absolute Gasteiger partial charge is 0.394 e. The molecule has 0 unspecified atom stereocenters. The number of aromatic amines is 1. The standard InChI is InChI=1S/C12H15N5O4/c18-5-7-21-6-4-14-11(19)12(20)15-10-8-2-1-3-13-9(8)16-17-10/h1-3,18H,4-7H2,(H,14,19)(H2,13,15,16,17,20). The first-order chi connectivity index (χ1) is 10.2. The van der Waals surface area contributed by atoms with Crippen LogP contribution in [0.4, 0.5) is 5.82 Å². The fourth-order valence-electron chi connectivity index (χ4n) is 1.60. The summed E-state index contributed by atoms with van der Waals surface area (Å²) in [6.45, 7) is 0.499. The highest BCUT2D eigenvalue weighted by Crippen LogP contribution is 2.17. The van der Waals surface area contributed by atoms with Crippen LogP contribution in [0.3, 0.4) is 0 Å². The van der Waals surface area contributed by atoms with E-state index in [1.165, 1.54) is 0 Å². The summed E-state index contributed by atoms with van der Waals surface area (Å²) in [6, 6.07) is 3.42. The number of nitrogens with one attached hydrogen (secondary N) is 3. The molecule has 112 valence electrons. The van der Waals surface area contributed by atoms with Crippen LogP contribution in [-0.2, 0) is 14.3 Å². The maximum Gasteiger partial charge on any atom is 0.314 e. The number of aromatic nitrogens is 3. The van der Waals surface area contributed by atoms with Crippen molar-refractivity contribution >= 4 is 28.7 Å². The first-order valence-corrected chi connectivity index (χ1v) is 6.29. The molecule has 21 heavy (non-hydrogen) atoms. The van der Waals surface area contributed by atoms with Gasteiger partial charge in [0.15, 0.2) is 5.65 Å². The summed E-state index contributed by atoms with van der Waals surface area (Å²) in [5, 5.41) is 20.4. The number of rotatable bonds is 6. The number of hydrogen-bond acceptors (Lipinski definition) is 6. The minimum Gasteiger partial charge on any atom is -0.394 e. The SMILES string of the molecule is O=C(NCCOCCO)C(=O)Nc1[nH]nc2ncccc12. The fraction of sp³-hybridized carbons (Fsp3) is 0.333. The molecule has 0 aliphatic carbocycles. The zero-order valence-corrected chi connectivity index (χ0v) is 11.1. The van der Waals surface area contributed by atoms with Crippen LogP contribution in [0.2, 0.25) is 0 Å². The minimum atomic E-state index is -0.813. The van der Waals surface area contributed by atoms with Gasteiger partial charge >= 0.3 is 11.8 Å². The number of fused-ring (bicyclic) bond motifs is 1. The lowest BCUT2D eigenvalue weighted by Gasteiger charge is -2.05. The number of nitrogens with zero attached hydrogens (tertiary/aromatic N) is 2. The van der Waals surface area contributed by atoms with Crippen LogP contribution in [0.15, 0.2) is 18.3 Å². The molecule has 0 saturated heterocycles. The number of carbonyl (C=O) groups excluding carboxylic acids is 2. The second-order valence-corrected chi connectivity index (χ2v) is 4.02. The van der Waals surface area contributed by atoms with Crippen LogP contribution in [0.1, 0.15) is 0 Å². The fourth-order valence-corrected chi connectivity index (χ4v) is 1.60. The van der Waals surface area contributed by atoms with Crippen molar-refractivity contribution in [3.63, 3.8) is 0 Å². The first kappa shape index (κ1) is 14.9. The normalized spacial score (nSPS) is 10.5. The summed E-state index contributed by atoms with van der Waals surface area (Å²) in [5.74, 6) is -1.28. The van der Waals surface area contributed by atoms with E-state index in [4.69, 9.17) is 9.84 Å². The summed E-state index contributed by atoms with van der Waals surface area (Å²) in [4.78, 5) is 27.3. The molecular weight excluding hydrogens is 278 g/mol. The predicted octanol–water partition coefficient (Wildman–Crippen LogP) is -0.978. The van der Waals surface area contributed by atoms with E-state index < -0.39 is 11.8 Å². The van der Waals surface area contributed by atoms with E-state index in [1.807, 2.05) is 0 Å². The first-order valence-electron chi connectivity index (χ1n) is 6.29. The number of H-pyrrole nitrogens is 1. The van der Waals surface area contributed by atoms with E-state index in [-0.39, 0.29) is 26.4 Å². The summed E-state index contributed by atoms with van der Waals surface area (Å²) in [7, 11) is 0. The van der Waals surface area contributed by atoms with Gasteiger partial charge in [0.1, 0.15) is 5.82 Å². The van der Waals surface area contributed by atoms with Gasteiger partial charge in [-0.2, -0.15) is 5.10 Å². The maximum absolute atomic E-state index is 11.7. The Labute approximate surface area is 119 Å². The molecular formula is C12H15N5O4. The van der Waals surface area contributed by atoms with Crippen LogP contribution in [0.5, 0.6) is 0 Å². The number of amides is 2. The van der Waals surface area contributed by atoms with Crippen LogP contribution in [-0.4, -0.2) is 58.5 Å². The molecule has 2 aromatic rings. The van der Waals surface area contributed by atoms with Crippen molar-refractivity contribution in [2.24, 2.45) is 0 Å². The summed E-state index contributed by atoms with van der Waals surface area (Å²) >= 11 is 0. The van der Waals surface area contributed by atoms with Gasteiger partial charge in [-0.3, -0.25) is 14.7 Å². The van der Waals surface area contributed by atoms with Crippen LogP contribution in [0, 0.1) is 0 Å². The van der Waals surface area contributed by atoms with Crippen LogP contribution in [0.25, 0.3) is 11.0 Å². The zero-order chi connectivity index (χ0) is 15.1. The summed E-state index contributed by atoms with van der Waals surface area (Å²) in [6.07, 6.45) is 1.58. The lowest BCUT2D eigenvalue weighted by molar-refractivity contribution is -0.136. The van der Waals surface area contributed by atoms with Gasteiger partial charge in [0.25, 0.3) is 0 Å². The molecule has 0 bridgehead atoms. The monoisotopic (exact) mass is 293 g/mol. The molecule has 9 nitrogen and oxygen atoms in total. The highest BCUT2D eigenvalue weighted by Gasteiger charge is 2.15. The van der Waals surface area contributed by atoms with Gasteiger partial charge in [0, 0.05) is 12.7 Å². The Bertz CT molecular complexity index is 627. The highest BCUT2D eigenvalue weighted by molar-refractivity contribution is 6.40. The van der Waals surface area contributed by atoms with Gasteiger partial charge in [-0.25, -0.2) is 4.98 Å². The van der Waals surface area contributed by atoms with Crippen molar-refractivity contribution in [1.82, 2.24) is 20.5 Å². The third kappa shape index (κ3) is 3.97. The van der Waals surface area contributed by atoms with Crippen molar-refractivity contribution in [3.05, 3.63) is 18.3 Å². The Morgan fingerprint density at radius 1 is 1.33 bits per heavy atom. The second-order valence-electron chi connectivity index (χ2n) is 4.02. The molecule has 4 N–H and O–H groups in total. The number of aliphatic hydroxyl groups is 1. The summed E-state index contributed by atoms with van der Waals surface area (Å²) < 4.78 is 4.96. The van der Waals surface area contributed by atoms with E-state index in [9.17, 15) is 9.59 Å². The Kier molecular flexibility index (Phi) is 5.18. The molecule has 2 aromatic heterocycles. The number of aliphatic hydroxyl groups excluding tert-OH is 1. The number of carbonyl (C=O) groups is 2. The molecule has 0 spiro atoms. The Morgan fingerprint density at radius 2 is 2.19 bits per heavy atom. The molecule has 2 amide bonds. The molecule has 2 rings (SSSR count). The molecule has 0 aliphatic heterocycles. The molecule has 9 heteroatoms. The Balaban J connectivity index is 1.85. The lowest BCUT2D eigenvalue weighted by Crippen LogP contribution is -2.37. The molecule has 0 aromatic carbocycles. The van der Waals surface area contributed by atoms with E-state index in [0.717, 1.165) is 0 Å². The number of pyridine rings is 1. The van der Waals surface area contributed by atoms with Crippen LogP contribution >= 0.6 is 0 Å². The van der Waals surface area contributed by atoms with Gasteiger partial charge in [-0.1, -0.05) is 0 Å².